The number of anilines is 1. The Bertz CT molecular complexity index is 769. The van der Waals surface area contributed by atoms with Crippen molar-refractivity contribution in [1.29, 1.82) is 0 Å². The maximum absolute atomic E-state index is 12.5. The minimum Gasteiger partial charge on any atom is -0.497 e. The van der Waals surface area contributed by atoms with Crippen LogP contribution in [0.5, 0.6) is 11.5 Å². The third-order valence-corrected chi connectivity index (χ3v) is 4.47. The largest absolute Gasteiger partial charge is 0.497 e. The Hall–Kier alpha value is -3.02. The third kappa shape index (κ3) is 4.14. The van der Waals surface area contributed by atoms with Crippen molar-refractivity contribution in [2.45, 2.75) is 0 Å². The van der Waals surface area contributed by atoms with E-state index in [1.165, 1.54) is 0 Å². The fraction of sp³-hybridized carbons (Fsp3) is 0.300. The van der Waals surface area contributed by atoms with Crippen molar-refractivity contribution in [2.75, 3.05) is 45.3 Å². The first-order valence-electron chi connectivity index (χ1n) is 8.55. The minimum atomic E-state index is 0.0113. The second-order valence-corrected chi connectivity index (χ2v) is 5.96. The minimum absolute atomic E-state index is 0.0113. The molecule has 2 aromatic rings. The fourth-order valence-electron chi connectivity index (χ4n) is 2.96. The lowest BCUT2D eigenvalue weighted by Crippen LogP contribution is -2.48. The third-order valence-electron chi connectivity index (χ3n) is 4.47. The van der Waals surface area contributed by atoms with E-state index in [4.69, 9.17) is 9.47 Å². The average molecular weight is 353 g/mol. The van der Waals surface area contributed by atoms with Gasteiger partial charge < -0.3 is 19.3 Å². The highest BCUT2D eigenvalue weighted by Gasteiger charge is 2.19. The molecule has 6 nitrogen and oxygen atoms in total. The zero-order valence-corrected chi connectivity index (χ0v) is 15.1. The van der Waals surface area contributed by atoms with Crippen molar-refractivity contribution in [2.24, 2.45) is 0 Å². The summed E-state index contributed by atoms with van der Waals surface area (Å²) in [5, 5.41) is 0. The number of hydrogen-bond acceptors (Lipinski definition) is 5. The van der Waals surface area contributed by atoms with Crippen LogP contribution in [0, 0.1) is 0 Å². The molecular formula is C20H23N3O3. The number of nitrogens with zero attached hydrogens (tertiary/aromatic N) is 3. The highest BCUT2D eigenvalue weighted by molar-refractivity contribution is 5.92. The summed E-state index contributed by atoms with van der Waals surface area (Å²) in [5.41, 5.74) is 1.99. The van der Waals surface area contributed by atoms with Gasteiger partial charge in [0, 0.05) is 62.0 Å². The lowest BCUT2D eigenvalue weighted by atomic mass is 10.1. The van der Waals surface area contributed by atoms with Crippen LogP contribution in [0.1, 0.15) is 5.56 Å². The van der Waals surface area contributed by atoms with E-state index in [0.29, 0.717) is 18.8 Å². The van der Waals surface area contributed by atoms with E-state index >= 15 is 0 Å². The molecule has 1 fully saturated rings. The average Bonchev–Trinajstić information content (AvgIpc) is 2.72. The van der Waals surface area contributed by atoms with Gasteiger partial charge in [-0.05, 0) is 30.3 Å². The molecule has 1 saturated heterocycles. The van der Waals surface area contributed by atoms with Crippen LogP contribution in [0.4, 0.5) is 5.69 Å². The molecule has 0 saturated carbocycles. The lowest BCUT2D eigenvalue weighted by molar-refractivity contribution is -0.126. The zero-order valence-electron chi connectivity index (χ0n) is 15.1. The number of ether oxygens (including phenoxy) is 2. The Morgan fingerprint density at radius 1 is 1.04 bits per heavy atom. The summed E-state index contributed by atoms with van der Waals surface area (Å²) in [6, 6.07) is 9.52. The van der Waals surface area contributed by atoms with Crippen LogP contribution in [0.2, 0.25) is 0 Å². The number of aromatic nitrogens is 1. The van der Waals surface area contributed by atoms with E-state index in [9.17, 15) is 4.79 Å². The monoisotopic (exact) mass is 353 g/mol. The molecule has 3 rings (SSSR count). The summed E-state index contributed by atoms with van der Waals surface area (Å²) < 4.78 is 10.6. The molecule has 0 atom stereocenters. The maximum atomic E-state index is 12.5. The van der Waals surface area contributed by atoms with Gasteiger partial charge in [-0.2, -0.15) is 0 Å². The molecule has 1 aliphatic rings. The van der Waals surface area contributed by atoms with Gasteiger partial charge in [0.1, 0.15) is 11.5 Å². The van der Waals surface area contributed by atoms with Crippen molar-refractivity contribution >= 4 is 17.7 Å². The first-order chi connectivity index (χ1) is 12.7. The highest BCUT2D eigenvalue weighted by atomic mass is 16.5. The summed E-state index contributed by atoms with van der Waals surface area (Å²) in [6.45, 7) is 3.03. The van der Waals surface area contributed by atoms with Gasteiger partial charge in [-0.25, -0.2) is 0 Å². The van der Waals surface area contributed by atoms with Gasteiger partial charge in [0.05, 0.1) is 14.2 Å². The van der Waals surface area contributed by atoms with Crippen LogP contribution >= 0.6 is 0 Å². The Morgan fingerprint density at radius 2 is 1.77 bits per heavy atom. The number of amides is 1. The van der Waals surface area contributed by atoms with Crippen LogP contribution in [0.15, 0.2) is 48.8 Å². The Kier molecular flexibility index (Phi) is 5.73. The second-order valence-electron chi connectivity index (χ2n) is 5.96. The van der Waals surface area contributed by atoms with E-state index in [1.54, 1.807) is 44.8 Å². The number of hydrogen-bond donors (Lipinski definition) is 0. The predicted octanol–water partition coefficient (Wildman–Crippen LogP) is 2.46. The Balaban J connectivity index is 1.60. The molecule has 0 aliphatic carbocycles. The highest BCUT2D eigenvalue weighted by Crippen LogP contribution is 2.25. The lowest BCUT2D eigenvalue weighted by Gasteiger charge is -2.35. The molecule has 2 heterocycles. The normalized spacial score (nSPS) is 14.5. The molecular weight excluding hydrogens is 330 g/mol. The number of piperazine rings is 1. The number of methoxy groups -OCH3 is 2. The van der Waals surface area contributed by atoms with Crippen LogP contribution in [0.3, 0.4) is 0 Å². The quantitative estimate of drug-likeness (QED) is 0.773. The number of carbonyl (C=O) groups is 1. The standard InChI is InChI=1S/C20H23N3O3/c1-25-18-5-3-16(19(15-18)26-2)4-6-20(24)23-13-11-22(12-14-23)17-7-9-21-10-8-17/h3-10,15H,11-14H2,1-2H3/b6-4-. The summed E-state index contributed by atoms with van der Waals surface area (Å²) in [4.78, 5) is 20.7. The second kappa shape index (κ2) is 8.38. The molecule has 1 aromatic carbocycles. The topological polar surface area (TPSA) is 54.9 Å². The van der Waals surface area contributed by atoms with Gasteiger partial charge in [0.2, 0.25) is 5.91 Å². The predicted molar refractivity (Wildman–Crippen MR) is 102 cm³/mol. The smallest absolute Gasteiger partial charge is 0.246 e. The molecule has 1 aromatic heterocycles. The van der Waals surface area contributed by atoms with Crippen molar-refractivity contribution in [3.63, 3.8) is 0 Å². The SMILES string of the molecule is COc1ccc(/C=C\C(=O)N2CCN(c3ccncc3)CC2)c(OC)c1. The van der Waals surface area contributed by atoms with Crippen LogP contribution < -0.4 is 14.4 Å². The van der Waals surface area contributed by atoms with Gasteiger partial charge >= 0.3 is 0 Å². The summed E-state index contributed by atoms with van der Waals surface area (Å²) in [5.74, 6) is 1.41. The van der Waals surface area contributed by atoms with E-state index in [0.717, 1.165) is 30.1 Å². The number of pyridine rings is 1. The number of carbonyl (C=O) groups excluding carboxylic acids is 1. The van der Waals surface area contributed by atoms with Gasteiger partial charge in [0.15, 0.2) is 0 Å². The molecule has 1 aliphatic heterocycles. The van der Waals surface area contributed by atoms with Gasteiger partial charge in [-0.1, -0.05) is 0 Å². The molecule has 0 N–H and O–H groups in total. The van der Waals surface area contributed by atoms with Crippen molar-refractivity contribution in [3.05, 3.63) is 54.4 Å². The maximum Gasteiger partial charge on any atom is 0.246 e. The number of benzene rings is 1. The Labute approximate surface area is 153 Å². The Morgan fingerprint density at radius 3 is 2.42 bits per heavy atom. The van der Waals surface area contributed by atoms with Gasteiger partial charge in [0.25, 0.3) is 0 Å². The molecule has 6 heteroatoms. The van der Waals surface area contributed by atoms with Crippen molar-refractivity contribution in [3.8, 4) is 11.5 Å². The van der Waals surface area contributed by atoms with Crippen molar-refractivity contribution < 1.29 is 14.3 Å². The molecule has 0 spiro atoms. The van der Waals surface area contributed by atoms with E-state index in [1.807, 2.05) is 29.2 Å². The van der Waals surface area contributed by atoms with Crippen LogP contribution in [-0.4, -0.2) is 56.2 Å². The summed E-state index contributed by atoms with van der Waals surface area (Å²) >= 11 is 0. The molecule has 136 valence electrons. The first-order valence-corrected chi connectivity index (χ1v) is 8.55. The fourth-order valence-corrected chi connectivity index (χ4v) is 2.96. The van der Waals surface area contributed by atoms with Crippen LogP contribution in [0.25, 0.3) is 6.08 Å². The molecule has 26 heavy (non-hydrogen) atoms. The van der Waals surface area contributed by atoms with E-state index < -0.39 is 0 Å². The first kappa shape index (κ1) is 17.8. The molecule has 0 unspecified atom stereocenters. The molecule has 1 amide bonds. The molecule has 0 radical (unpaired) electrons. The molecule has 0 bridgehead atoms. The summed E-state index contributed by atoms with van der Waals surface area (Å²) in [7, 11) is 3.21. The van der Waals surface area contributed by atoms with Crippen molar-refractivity contribution in [1.82, 2.24) is 9.88 Å². The number of rotatable bonds is 5. The van der Waals surface area contributed by atoms with Crippen LogP contribution in [-0.2, 0) is 4.79 Å². The summed E-state index contributed by atoms with van der Waals surface area (Å²) in [6.07, 6.45) is 6.97. The van der Waals surface area contributed by atoms with Gasteiger partial charge in [-0.3, -0.25) is 9.78 Å². The van der Waals surface area contributed by atoms with E-state index in [-0.39, 0.29) is 5.91 Å². The van der Waals surface area contributed by atoms with Gasteiger partial charge in [-0.15, -0.1) is 0 Å². The zero-order chi connectivity index (χ0) is 18.4. The van der Waals surface area contributed by atoms with E-state index in [2.05, 4.69) is 9.88 Å².